The molecule has 0 unspecified atom stereocenters. The number of hydrogen-bond acceptors (Lipinski definition) is 6. The zero-order valence-corrected chi connectivity index (χ0v) is 18.1. The first-order valence-electron chi connectivity index (χ1n) is 11.2. The lowest BCUT2D eigenvalue weighted by atomic mass is 10.1. The first kappa shape index (κ1) is 19.1. The predicted molar refractivity (Wildman–Crippen MR) is 119 cm³/mol. The fourth-order valence-corrected chi connectivity index (χ4v) is 4.04. The van der Waals surface area contributed by atoms with Crippen LogP contribution in [0.1, 0.15) is 73.6 Å². The van der Waals surface area contributed by atoms with Crippen LogP contribution in [-0.4, -0.2) is 40.9 Å². The summed E-state index contributed by atoms with van der Waals surface area (Å²) in [5.74, 6) is 1.05. The van der Waals surface area contributed by atoms with Crippen molar-refractivity contribution >= 4 is 22.6 Å². The zero-order chi connectivity index (χ0) is 21.8. The van der Waals surface area contributed by atoms with E-state index in [9.17, 15) is 4.79 Å². The maximum atomic E-state index is 13.3. The van der Waals surface area contributed by atoms with Crippen LogP contribution < -0.4 is 5.32 Å². The number of fused-ring (bicyclic) bond motifs is 1. The topological polar surface area (TPSA) is 103 Å². The first-order chi connectivity index (χ1) is 15.6. The van der Waals surface area contributed by atoms with Crippen molar-refractivity contribution in [2.45, 2.75) is 57.5 Å². The van der Waals surface area contributed by atoms with Crippen molar-refractivity contribution in [3.05, 3.63) is 47.8 Å². The predicted octanol–water partition coefficient (Wildman–Crippen LogP) is 4.13. The van der Waals surface area contributed by atoms with E-state index in [0.29, 0.717) is 17.5 Å². The third-order valence-corrected chi connectivity index (χ3v) is 6.10. The maximum Gasteiger partial charge on any atom is 0.256 e. The molecule has 162 valence electrons. The van der Waals surface area contributed by atoms with Crippen LogP contribution in [-0.2, 0) is 0 Å². The van der Waals surface area contributed by atoms with Crippen molar-refractivity contribution in [1.82, 2.24) is 35.0 Å². The van der Waals surface area contributed by atoms with Gasteiger partial charge >= 0.3 is 0 Å². The molecule has 2 aliphatic carbocycles. The van der Waals surface area contributed by atoms with Crippen molar-refractivity contribution < 1.29 is 4.79 Å². The first-order valence-corrected chi connectivity index (χ1v) is 11.2. The van der Waals surface area contributed by atoms with E-state index in [1.54, 1.807) is 6.20 Å². The Morgan fingerprint density at radius 3 is 2.59 bits per heavy atom. The number of benzene rings is 1. The highest BCUT2D eigenvalue weighted by molar-refractivity contribution is 6.12. The van der Waals surface area contributed by atoms with Crippen molar-refractivity contribution in [2.75, 3.05) is 5.32 Å². The Morgan fingerprint density at radius 1 is 1.12 bits per heavy atom. The molecule has 9 nitrogen and oxygen atoms in total. The molecule has 0 atom stereocenters. The van der Waals surface area contributed by atoms with Gasteiger partial charge in [-0.3, -0.25) is 4.79 Å². The van der Waals surface area contributed by atoms with E-state index in [2.05, 4.69) is 39.8 Å². The van der Waals surface area contributed by atoms with E-state index >= 15 is 0 Å². The summed E-state index contributed by atoms with van der Waals surface area (Å²) in [5, 5.41) is 20.4. The van der Waals surface area contributed by atoms with Crippen LogP contribution in [0.15, 0.2) is 36.5 Å². The third-order valence-electron chi connectivity index (χ3n) is 6.10. The van der Waals surface area contributed by atoms with E-state index in [-0.39, 0.29) is 11.9 Å². The van der Waals surface area contributed by atoms with Gasteiger partial charge in [-0.15, -0.1) is 5.10 Å². The molecule has 0 radical (unpaired) electrons. The highest BCUT2D eigenvalue weighted by atomic mass is 16.1. The molecule has 0 aliphatic heterocycles. The summed E-state index contributed by atoms with van der Waals surface area (Å²) in [5.41, 5.74) is 4.02. The number of pyridine rings is 1. The molecule has 4 aromatic rings. The molecule has 3 aromatic heterocycles. The second kappa shape index (κ2) is 7.22. The molecular formula is C23H24N8O. The van der Waals surface area contributed by atoms with Gasteiger partial charge in [-0.05, 0) is 80.3 Å². The molecule has 2 fully saturated rings. The summed E-state index contributed by atoms with van der Waals surface area (Å²) in [6.45, 7) is 4.14. The van der Waals surface area contributed by atoms with E-state index in [1.165, 1.54) is 0 Å². The summed E-state index contributed by atoms with van der Waals surface area (Å²) in [6, 6.07) is 10.2. The highest BCUT2D eigenvalue weighted by Gasteiger charge is 2.29. The molecule has 0 spiro atoms. The van der Waals surface area contributed by atoms with Gasteiger partial charge in [0, 0.05) is 28.9 Å². The number of amides is 1. The number of rotatable bonds is 6. The van der Waals surface area contributed by atoms with Gasteiger partial charge in [0.2, 0.25) is 0 Å². The van der Waals surface area contributed by atoms with Gasteiger partial charge in [0.1, 0.15) is 0 Å². The van der Waals surface area contributed by atoms with Crippen molar-refractivity contribution in [2.24, 2.45) is 0 Å². The lowest BCUT2D eigenvalue weighted by Gasteiger charge is -2.11. The van der Waals surface area contributed by atoms with Crippen LogP contribution in [0.5, 0.6) is 0 Å². The molecule has 6 rings (SSSR count). The lowest BCUT2D eigenvalue weighted by molar-refractivity contribution is 0.102. The summed E-state index contributed by atoms with van der Waals surface area (Å²) < 4.78 is 3.77. The SMILES string of the molecule is CC(C)n1ncc2c(C(=O)Nc3ccc(-c4nnnn4C4CC4)cc3)cc(C3CC3)nc21. The molecule has 1 aromatic carbocycles. The molecule has 32 heavy (non-hydrogen) atoms. The van der Waals surface area contributed by atoms with Gasteiger partial charge in [0.25, 0.3) is 5.91 Å². The fraction of sp³-hybridized carbons (Fsp3) is 0.391. The summed E-state index contributed by atoms with van der Waals surface area (Å²) in [7, 11) is 0. The van der Waals surface area contributed by atoms with Crippen molar-refractivity contribution in [3.63, 3.8) is 0 Å². The number of hydrogen-bond donors (Lipinski definition) is 1. The van der Waals surface area contributed by atoms with Crippen molar-refractivity contribution in [1.29, 1.82) is 0 Å². The number of aromatic nitrogens is 7. The number of carbonyl (C=O) groups excluding carboxylic acids is 1. The normalized spacial score (nSPS) is 16.1. The van der Waals surface area contributed by atoms with Gasteiger partial charge in [0.05, 0.1) is 23.2 Å². The smallest absolute Gasteiger partial charge is 0.256 e. The van der Waals surface area contributed by atoms with Crippen LogP contribution in [0, 0.1) is 0 Å². The Balaban J connectivity index is 1.29. The Hall–Kier alpha value is -3.62. The largest absolute Gasteiger partial charge is 0.322 e. The minimum absolute atomic E-state index is 0.154. The Kier molecular flexibility index (Phi) is 4.31. The van der Waals surface area contributed by atoms with E-state index in [4.69, 9.17) is 4.98 Å². The van der Waals surface area contributed by atoms with Gasteiger partial charge in [-0.2, -0.15) is 5.10 Å². The third kappa shape index (κ3) is 3.34. The number of tetrazole rings is 1. The second-order valence-corrected chi connectivity index (χ2v) is 9.00. The van der Waals surface area contributed by atoms with Crippen LogP contribution in [0.25, 0.3) is 22.4 Å². The van der Waals surface area contributed by atoms with Crippen LogP contribution in [0.4, 0.5) is 5.69 Å². The van der Waals surface area contributed by atoms with Gasteiger partial charge in [-0.1, -0.05) is 0 Å². The maximum absolute atomic E-state index is 13.3. The highest BCUT2D eigenvalue weighted by Crippen LogP contribution is 2.40. The minimum atomic E-state index is -0.154. The van der Waals surface area contributed by atoms with Gasteiger partial charge < -0.3 is 5.32 Å². The quantitative estimate of drug-likeness (QED) is 0.495. The number of nitrogens with one attached hydrogen (secondary N) is 1. The fourth-order valence-electron chi connectivity index (χ4n) is 4.04. The lowest BCUT2D eigenvalue weighted by Crippen LogP contribution is -2.14. The number of nitrogens with zero attached hydrogens (tertiary/aromatic N) is 7. The molecule has 0 bridgehead atoms. The Labute approximate surface area is 184 Å². The Morgan fingerprint density at radius 2 is 1.91 bits per heavy atom. The van der Waals surface area contributed by atoms with E-state index in [0.717, 1.165) is 59.5 Å². The molecular weight excluding hydrogens is 404 g/mol. The van der Waals surface area contributed by atoms with Crippen LogP contribution in [0.2, 0.25) is 0 Å². The molecule has 9 heteroatoms. The van der Waals surface area contributed by atoms with Crippen LogP contribution in [0.3, 0.4) is 0 Å². The molecule has 2 aliphatic rings. The van der Waals surface area contributed by atoms with Gasteiger partial charge in [-0.25, -0.2) is 14.3 Å². The molecule has 1 amide bonds. The molecule has 1 N–H and O–H groups in total. The number of anilines is 1. The molecule has 0 saturated heterocycles. The summed E-state index contributed by atoms with van der Waals surface area (Å²) in [6.07, 6.45) is 6.22. The van der Waals surface area contributed by atoms with Crippen molar-refractivity contribution in [3.8, 4) is 11.4 Å². The second-order valence-electron chi connectivity index (χ2n) is 9.00. The number of carbonyl (C=O) groups is 1. The molecule has 2 saturated carbocycles. The standard InChI is InChI=1S/C23H24N8O/c1-13(2)30-22-19(12-24-30)18(11-20(26-22)14-3-4-14)23(32)25-16-7-5-15(6-8-16)21-27-28-29-31(21)17-9-10-17/h5-8,11-14,17H,3-4,9-10H2,1-2H3,(H,25,32). The molecule has 3 heterocycles. The summed E-state index contributed by atoms with van der Waals surface area (Å²) >= 11 is 0. The zero-order valence-electron chi connectivity index (χ0n) is 18.1. The average molecular weight is 429 g/mol. The van der Waals surface area contributed by atoms with E-state index < -0.39 is 0 Å². The monoisotopic (exact) mass is 428 g/mol. The summed E-state index contributed by atoms with van der Waals surface area (Å²) in [4.78, 5) is 18.1. The van der Waals surface area contributed by atoms with Gasteiger partial charge in [0.15, 0.2) is 11.5 Å². The van der Waals surface area contributed by atoms with E-state index in [1.807, 2.05) is 39.7 Å². The minimum Gasteiger partial charge on any atom is -0.322 e. The Bertz CT molecular complexity index is 1310. The average Bonchev–Trinajstić information content (AvgIpc) is 3.73. The van der Waals surface area contributed by atoms with Crippen LogP contribution >= 0.6 is 0 Å².